The lowest BCUT2D eigenvalue weighted by atomic mass is 10.0. The van der Waals surface area contributed by atoms with Crippen LogP contribution in [0, 0.1) is 16.4 Å². The Morgan fingerprint density at radius 3 is 2.65 bits per heavy atom. The van der Waals surface area contributed by atoms with Gasteiger partial charge in [-0.05, 0) is 47.1 Å². The molecule has 0 spiro atoms. The Morgan fingerprint density at radius 2 is 2.12 bits per heavy atom. The zero-order chi connectivity index (χ0) is 13.0. The summed E-state index contributed by atoms with van der Waals surface area (Å²) in [5.41, 5.74) is 7.50. The van der Waals surface area contributed by atoms with Crippen molar-refractivity contribution in [1.29, 1.82) is 0 Å². The fourth-order valence-corrected chi connectivity index (χ4v) is 2.17. The third kappa shape index (κ3) is 3.67. The van der Waals surface area contributed by atoms with E-state index in [9.17, 15) is 4.79 Å². The van der Waals surface area contributed by atoms with Crippen LogP contribution in [0.25, 0.3) is 0 Å². The lowest BCUT2D eigenvalue weighted by Gasteiger charge is -2.21. The highest BCUT2D eigenvalue weighted by atomic mass is 127. The van der Waals surface area contributed by atoms with Crippen molar-refractivity contribution in [2.45, 2.75) is 26.8 Å². The first-order valence-corrected chi connectivity index (χ1v) is 6.81. The minimum Gasteiger partial charge on any atom is -0.348 e. The lowest BCUT2D eigenvalue weighted by Crippen LogP contribution is -2.43. The van der Waals surface area contributed by atoms with Gasteiger partial charge in [0.25, 0.3) is 5.91 Å². The second kappa shape index (κ2) is 6.35. The molecule has 1 unspecified atom stereocenters. The van der Waals surface area contributed by atoms with Crippen LogP contribution < -0.4 is 11.1 Å². The zero-order valence-electron chi connectivity index (χ0n) is 10.5. The van der Waals surface area contributed by atoms with Crippen molar-refractivity contribution >= 4 is 28.5 Å². The summed E-state index contributed by atoms with van der Waals surface area (Å²) in [5, 5.41) is 2.98. The number of hydrogen-bond acceptors (Lipinski definition) is 2. The van der Waals surface area contributed by atoms with E-state index in [2.05, 4.69) is 41.8 Å². The molecule has 1 atom stereocenters. The average molecular weight is 346 g/mol. The number of carbonyl (C=O) groups is 1. The summed E-state index contributed by atoms with van der Waals surface area (Å²) >= 11 is 2.20. The van der Waals surface area contributed by atoms with Crippen LogP contribution in [0.2, 0.25) is 0 Å². The Balaban J connectivity index is 2.86. The highest BCUT2D eigenvalue weighted by Gasteiger charge is 2.17. The van der Waals surface area contributed by atoms with Crippen molar-refractivity contribution in [3.05, 3.63) is 32.9 Å². The molecule has 0 heterocycles. The summed E-state index contributed by atoms with van der Waals surface area (Å²) in [4.78, 5) is 12.1. The van der Waals surface area contributed by atoms with Gasteiger partial charge >= 0.3 is 0 Å². The quantitative estimate of drug-likeness (QED) is 0.822. The molecule has 0 aliphatic rings. The number of amides is 1. The molecule has 94 valence electrons. The van der Waals surface area contributed by atoms with Gasteiger partial charge in [-0.15, -0.1) is 0 Å². The van der Waals surface area contributed by atoms with E-state index in [1.807, 2.05) is 25.1 Å². The molecule has 4 heteroatoms. The van der Waals surface area contributed by atoms with E-state index in [0.29, 0.717) is 12.5 Å². The normalized spacial score (nSPS) is 12.6. The van der Waals surface area contributed by atoms with Gasteiger partial charge in [-0.1, -0.05) is 26.0 Å². The molecule has 0 saturated heterocycles. The summed E-state index contributed by atoms with van der Waals surface area (Å²) in [6.07, 6.45) is 0. The summed E-state index contributed by atoms with van der Waals surface area (Å²) in [5.74, 6) is 0.300. The van der Waals surface area contributed by atoms with E-state index in [-0.39, 0.29) is 11.9 Å². The van der Waals surface area contributed by atoms with Crippen LogP contribution in [0.3, 0.4) is 0 Å². The number of carbonyl (C=O) groups excluding carboxylic acids is 1. The molecule has 1 aromatic rings. The second-order valence-electron chi connectivity index (χ2n) is 4.50. The van der Waals surface area contributed by atoms with Crippen molar-refractivity contribution in [1.82, 2.24) is 5.32 Å². The van der Waals surface area contributed by atoms with Crippen LogP contribution >= 0.6 is 22.6 Å². The molecule has 0 saturated carbocycles. The Morgan fingerprint density at radius 1 is 1.47 bits per heavy atom. The van der Waals surface area contributed by atoms with E-state index < -0.39 is 0 Å². The Bertz CT molecular complexity index is 404. The number of aryl methyl sites for hydroxylation is 1. The van der Waals surface area contributed by atoms with Crippen molar-refractivity contribution < 1.29 is 4.79 Å². The average Bonchev–Trinajstić information content (AvgIpc) is 2.28. The predicted octanol–water partition coefficient (Wildman–Crippen LogP) is 2.31. The zero-order valence-corrected chi connectivity index (χ0v) is 12.6. The van der Waals surface area contributed by atoms with Gasteiger partial charge in [0.05, 0.1) is 5.56 Å². The second-order valence-corrected chi connectivity index (χ2v) is 5.57. The lowest BCUT2D eigenvalue weighted by molar-refractivity contribution is 0.0926. The number of benzene rings is 1. The molecular weight excluding hydrogens is 327 g/mol. The maximum absolute atomic E-state index is 12.1. The van der Waals surface area contributed by atoms with Crippen LogP contribution in [-0.2, 0) is 0 Å². The van der Waals surface area contributed by atoms with E-state index in [1.165, 1.54) is 0 Å². The number of nitrogens with one attached hydrogen (secondary N) is 1. The molecule has 0 radical (unpaired) electrons. The molecule has 0 aromatic heterocycles. The smallest absolute Gasteiger partial charge is 0.252 e. The van der Waals surface area contributed by atoms with E-state index >= 15 is 0 Å². The van der Waals surface area contributed by atoms with Gasteiger partial charge in [0, 0.05) is 16.2 Å². The molecule has 3 nitrogen and oxygen atoms in total. The van der Waals surface area contributed by atoms with Crippen LogP contribution in [-0.4, -0.2) is 18.5 Å². The molecular formula is C13H19IN2O. The molecule has 0 fully saturated rings. The first-order valence-electron chi connectivity index (χ1n) is 5.73. The highest BCUT2D eigenvalue weighted by Crippen LogP contribution is 2.17. The van der Waals surface area contributed by atoms with Crippen LogP contribution in [0.5, 0.6) is 0 Å². The first-order chi connectivity index (χ1) is 7.97. The third-order valence-electron chi connectivity index (χ3n) is 2.81. The van der Waals surface area contributed by atoms with Crippen LogP contribution in [0.4, 0.5) is 0 Å². The fraction of sp³-hybridized carbons (Fsp3) is 0.462. The minimum absolute atomic E-state index is 0.0267. The monoisotopic (exact) mass is 346 g/mol. The Kier molecular flexibility index (Phi) is 5.39. The maximum atomic E-state index is 12.1. The van der Waals surface area contributed by atoms with Crippen molar-refractivity contribution in [2.75, 3.05) is 6.54 Å². The van der Waals surface area contributed by atoms with E-state index in [1.54, 1.807) is 0 Å². The Hall–Kier alpha value is -0.620. The molecule has 17 heavy (non-hydrogen) atoms. The van der Waals surface area contributed by atoms with Gasteiger partial charge in [0.1, 0.15) is 0 Å². The van der Waals surface area contributed by atoms with Gasteiger partial charge in [-0.2, -0.15) is 0 Å². The summed E-state index contributed by atoms with van der Waals surface area (Å²) in [7, 11) is 0. The fourth-order valence-electron chi connectivity index (χ4n) is 1.57. The number of nitrogens with two attached hydrogens (primary N) is 1. The summed E-state index contributed by atoms with van der Waals surface area (Å²) in [6.45, 7) is 6.57. The molecule has 1 amide bonds. The highest BCUT2D eigenvalue weighted by molar-refractivity contribution is 14.1. The molecule has 3 N–H and O–H groups in total. The van der Waals surface area contributed by atoms with Gasteiger partial charge in [0.2, 0.25) is 0 Å². The van der Waals surface area contributed by atoms with Crippen molar-refractivity contribution in [3.63, 3.8) is 0 Å². The Labute approximate surface area is 116 Å². The molecule has 1 rings (SSSR count). The predicted molar refractivity (Wildman–Crippen MR) is 79.0 cm³/mol. The summed E-state index contributed by atoms with van der Waals surface area (Å²) in [6, 6.07) is 5.78. The number of halogens is 1. The SMILES string of the molecule is Cc1cccc(C(=O)NC(CN)C(C)C)c1I. The van der Waals surface area contributed by atoms with Crippen LogP contribution in [0.1, 0.15) is 29.8 Å². The molecule has 1 aromatic carbocycles. The van der Waals surface area contributed by atoms with Crippen molar-refractivity contribution in [3.8, 4) is 0 Å². The van der Waals surface area contributed by atoms with Crippen LogP contribution in [0.15, 0.2) is 18.2 Å². The van der Waals surface area contributed by atoms with Gasteiger partial charge in [-0.3, -0.25) is 4.79 Å². The first kappa shape index (κ1) is 14.4. The van der Waals surface area contributed by atoms with Crippen molar-refractivity contribution in [2.24, 2.45) is 11.7 Å². The summed E-state index contributed by atoms with van der Waals surface area (Å²) < 4.78 is 1.00. The maximum Gasteiger partial charge on any atom is 0.252 e. The van der Waals surface area contributed by atoms with Gasteiger partial charge in [-0.25, -0.2) is 0 Å². The van der Waals surface area contributed by atoms with E-state index in [0.717, 1.165) is 14.7 Å². The van der Waals surface area contributed by atoms with Gasteiger partial charge < -0.3 is 11.1 Å². The van der Waals surface area contributed by atoms with E-state index in [4.69, 9.17) is 5.73 Å². The number of rotatable bonds is 4. The third-order valence-corrected chi connectivity index (χ3v) is 4.24. The molecule has 0 bridgehead atoms. The molecule has 0 aliphatic carbocycles. The number of hydrogen-bond donors (Lipinski definition) is 2. The largest absolute Gasteiger partial charge is 0.348 e. The standard InChI is InChI=1S/C13H19IN2O/c1-8(2)11(7-15)16-13(17)10-6-4-5-9(3)12(10)14/h4-6,8,11H,7,15H2,1-3H3,(H,16,17). The minimum atomic E-state index is -0.0396. The molecule has 0 aliphatic heterocycles. The topological polar surface area (TPSA) is 55.1 Å². The van der Waals surface area contributed by atoms with Gasteiger partial charge in [0.15, 0.2) is 0 Å².